The summed E-state index contributed by atoms with van der Waals surface area (Å²) >= 11 is 0. The smallest absolute Gasteiger partial charge is 0.362 e. The molecule has 1 aliphatic carbocycles. The molecule has 0 heterocycles. The van der Waals surface area contributed by atoms with Crippen LogP contribution in [-0.2, 0) is 11.3 Å². The molecule has 0 amide bonds. The van der Waals surface area contributed by atoms with Gasteiger partial charge < -0.3 is 9.94 Å². The maximum absolute atomic E-state index is 12.1. The molecule has 4 heteroatoms. The lowest BCUT2D eigenvalue weighted by Gasteiger charge is -2.22. The van der Waals surface area contributed by atoms with Crippen molar-refractivity contribution in [2.75, 3.05) is 0 Å². The van der Waals surface area contributed by atoms with E-state index in [1.807, 2.05) is 31.2 Å². The highest BCUT2D eigenvalue weighted by Crippen LogP contribution is 2.30. The van der Waals surface area contributed by atoms with Gasteiger partial charge >= 0.3 is 5.97 Å². The minimum atomic E-state index is -0.426. The molecule has 23 heavy (non-hydrogen) atoms. The Kier molecular flexibility index (Phi) is 4.06. The first-order valence-electron chi connectivity index (χ1n) is 7.61. The van der Waals surface area contributed by atoms with E-state index >= 15 is 0 Å². The van der Waals surface area contributed by atoms with Crippen molar-refractivity contribution in [3.8, 4) is 5.75 Å². The van der Waals surface area contributed by atoms with Gasteiger partial charge in [-0.2, -0.15) is 0 Å². The normalized spacial score (nSPS) is 16.3. The number of benzene rings is 2. The summed E-state index contributed by atoms with van der Waals surface area (Å²) in [5, 5.41) is 9.62. The number of carbonyl (C=O) groups is 1. The molecule has 1 atom stereocenters. The summed E-state index contributed by atoms with van der Waals surface area (Å²) in [6, 6.07) is 12.4. The number of hydrogen-bond acceptors (Lipinski definition) is 4. The second-order valence-corrected chi connectivity index (χ2v) is 5.96. The first-order chi connectivity index (χ1) is 11.0. The van der Waals surface area contributed by atoms with Crippen molar-refractivity contribution >= 4 is 11.7 Å². The zero-order valence-electron chi connectivity index (χ0n) is 13.2. The van der Waals surface area contributed by atoms with E-state index in [1.54, 1.807) is 24.3 Å². The fourth-order valence-electron chi connectivity index (χ4n) is 2.73. The predicted octanol–water partition coefficient (Wildman–Crippen LogP) is 3.60. The SMILES string of the molecule is Cc1ccc(C(=O)ONC2=CC(C)Cc3cc(O)ccc32)cc1. The minimum Gasteiger partial charge on any atom is -0.508 e. The van der Waals surface area contributed by atoms with Crippen molar-refractivity contribution in [1.82, 2.24) is 5.48 Å². The maximum Gasteiger partial charge on any atom is 0.362 e. The van der Waals surface area contributed by atoms with Gasteiger partial charge in [0.1, 0.15) is 5.75 Å². The number of carbonyl (C=O) groups excluding carboxylic acids is 1. The largest absolute Gasteiger partial charge is 0.508 e. The van der Waals surface area contributed by atoms with Crippen molar-refractivity contribution in [3.63, 3.8) is 0 Å². The summed E-state index contributed by atoms with van der Waals surface area (Å²) < 4.78 is 0. The minimum absolute atomic E-state index is 0.244. The molecule has 2 N–H and O–H groups in total. The van der Waals surface area contributed by atoms with Crippen LogP contribution in [0.5, 0.6) is 5.75 Å². The Hall–Kier alpha value is -2.75. The first-order valence-corrected chi connectivity index (χ1v) is 7.61. The second kappa shape index (κ2) is 6.16. The molecule has 4 nitrogen and oxygen atoms in total. The molecule has 0 fully saturated rings. The summed E-state index contributed by atoms with van der Waals surface area (Å²) in [6.45, 7) is 4.05. The van der Waals surface area contributed by atoms with E-state index in [0.29, 0.717) is 11.5 Å². The van der Waals surface area contributed by atoms with Gasteiger partial charge in [0.2, 0.25) is 0 Å². The quantitative estimate of drug-likeness (QED) is 0.851. The van der Waals surface area contributed by atoms with Gasteiger partial charge in [-0.15, -0.1) is 0 Å². The number of hydroxylamine groups is 1. The number of allylic oxidation sites excluding steroid dienone is 1. The van der Waals surface area contributed by atoms with Crippen LogP contribution in [0.4, 0.5) is 0 Å². The summed E-state index contributed by atoms with van der Waals surface area (Å²) in [7, 11) is 0. The summed E-state index contributed by atoms with van der Waals surface area (Å²) in [4.78, 5) is 17.3. The molecule has 0 saturated heterocycles. The highest BCUT2D eigenvalue weighted by molar-refractivity contribution is 5.89. The number of fused-ring (bicyclic) bond motifs is 1. The van der Waals surface area contributed by atoms with Crippen LogP contribution in [0.3, 0.4) is 0 Å². The Bertz CT molecular complexity index is 763. The predicted molar refractivity (Wildman–Crippen MR) is 88.7 cm³/mol. The number of rotatable bonds is 3. The Morgan fingerprint density at radius 2 is 1.96 bits per heavy atom. The highest BCUT2D eigenvalue weighted by Gasteiger charge is 2.19. The Labute approximate surface area is 135 Å². The summed E-state index contributed by atoms with van der Waals surface area (Å²) in [6.07, 6.45) is 2.88. The number of aromatic hydroxyl groups is 1. The van der Waals surface area contributed by atoms with Gasteiger partial charge in [0, 0.05) is 5.56 Å². The molecule has 0 aliphatic heterocycles. The van der Waals surface area contributed by atoms with Gasteiger partial charge in [0.25, 0.3) is 0 Å². The molecule has 1 unspecified atom stereocenters. The number of phenolic OH excluding ortho intramolecular Hbond substituents is 1. The summed E-state index contributed by atoms with van der Waals surface area (Å²) in [5.41, 5.74) is 7.09. The van der Waals surface area contributed by atoms with Crippen LogP contribution in [0.1, 0.15) is 34.0 Å². The van der Waals surface area contributed by atoms with Gasteiger partial charge in [-0.1, -0.05) is 30.7 Å². The monoisotopic (exact) mass is 309 g/mol. The molecule has 0 aromatic heterocycles. The number of aryl methyl sites for hydroxylation is 1. The van der Waals surface area contributed by atoms with Crippen LogP contribution in [0.2, 0.25) is 0 Å². The standard InChI is InChI=1S/C19H19NO3/c1-12-3-5-14(6-4-12)19(22)23-20-18-10-13(2)9-15-11-16(21)7-8-17(15)18/h3-8,10-11,13,20-21H,9H2,1-2H3. The van der Waals surface area contributed by atoms with E-state index in [9.17, 15) is 9.90 Å². The number of hydrogen-bond donors (Lipinski definition) is 2. The van der Waals surface area contributed by atoms with Crippen LogP contribution in [0.25, 0.3) is 5.70 Å². The van der Waals surface area contributed by atoms with Crippen molar-refractivity contribution in [3.05, 3.63) is 70.8 Å². The van der Waals surface area contributed by atoms with Crippen LogP contribution in [0.15, 0.2) is 48.5 Å². The van der Waals surface area contributed by atoms with Crippen LogP contribution >= 0.6 is 0 Å². The fourth-order valence-corrected chi connectivity index (χ4v) is 2.73. The molecular formula is C19H19NO3. The molecular weight excluding hydrogens is 290 g/mol. The van der Waals surface area contributed by atoms with E-state index in [0.717, 1.165) is 28.8 Å². The Balaban J connectivity index is 1.75. The average Bonchev–Trinajstić information content (AvgIpc) is 2.52. The first kappa shape index (κ1) is 15.2. The molecule has 3 rings (SSSR count). The van der Waals surface area contributed by atoms with E-state index in [-0.39, 0.29) is 5.75 Å². The fraction of sp³-hybridized carbons (Fsp3) is 0.211. The third-order valence-electron chi connectivity index (χ3n) is 3.91. The molecule has 2 aromatic rings. The lowest BCUT2D eigenvalue weighted by atomic mass is 9.88. The Morgan fingerprint density at radius 3 is 2.70 bits per heavy atom. The van der Waals surface area contributed by atoms with E-state index < -0.39 is 5.97 Å². The molecule has 0 spiro atoms. The zero-order chi connectivity index (χ0) is 16.4. The van der Waals surface area contributed by atoms with Crippen LogP contribution < -0.4 is 5.48 Å². The average molecular weight is 309 g/mol. The van der Waals surface area contributed by atoms with Gasteiger partial charge in [-0.25, -0.2) is 10.3 Å². The van der Waals surface area contributed by atoms with E-state index in [2.05, 4.69) is 12.4 Å². The number of phenols is 1. The third-order valence-corrected chi connectivity index (χ3v) is 3.91. The highest BCUT2D eigenvalue weighted by atomic mass is 16.7. The maximum atomic E-state index is 12.1. The molecule has 2 aromatic carbocycles. The van der Waals surface area contributed by atoms with Crippen LogP contribution in [0, 0.1) is 12.8 Å². The summed E-state index contributed by atoms with van der Waals surface area (Å²) in [5.74, 6) is 0.114. The molecule has 0 saturated carbocycles. The molecule has 118 valence electrons. The zero-order valence-corrected chi connectivity index (χ0v) is 13.2. The third kappa shape index (κ3) is 3.37. The molecule has 1 aliphatic rings. The lowest BCUT2D eigenvalue weighted by molar-refractivity contribution is 0.0367. The van der Waals surface area contributed by atoms with Crippen LogP contribution in [-0.4, -0.2) is 11.1 Å². The topological polar surface area (TPSA) is 58.6 Å². The van der Waals surface area contributed by atoms with Gasteiger partial charge in [0.05, 0.1) is 11.3 Å². The second-order valence-electron chi connectivity index (χ2n) is 5.96. The van der Waals surface area contributed by atoms with E-state index in [1.165, 1.54) is 0 Å². The van der Waals surface area contributed by atoms with Crippen molar-refractivity contribution in [2.45, 2.75) is 20.3 Å². The van der Waals surface area contributed by atoms with Gasteiger partial charge in [-0.05, 0) is 55.2 Å². The van der Waals surface area contributed by atoms with E-state index in [4.69, 9.17) is 4.84 Å². The molecule has 0 bridgehead atoms. The van der Waals surface area contributed by atoms with Gasteiger partial charge in [0.15, 0.2) is 0 Å². The van der Waals surface area contributed by atoms with Crippen molar-refractivity contribution in [1.29, 1.82) is 0 Å². The lowest BCUT2D eigenvalue weighted by Crippen LogP contribution is -2.22. The number of nitrogens with one attached hydrogen (secondary N) is 1. The van der Waals surface area contributed by atoms with Gasteiger partial charge in [-0.3, -0.25) is 0 Å². The van der Waals surface area contributed by atoms with Crippen molar-refractivity contribution < 1.29 is 14.7 Å². The van der Waals surface area contributed by atoms with Crippen molar-refractivity contribution in [2.24, 2.45) is 5.92 Å². The molecule has 0 radical (unpaired) electrons. The Morgan fingerprint density at radius 1 is 1.22 bits per heavy atom.